The number of aromatic hydroxyl groups is 1. The molecule has 4 N–H and O–H groups in total. The average Bonchev–Trinajstić information content (AvgIpc) is 2.20. The first-order valence-electron chi connectivity index (χ1n) is 4.91. The van der Waals surface area contributed by atoms with E-state index in [0.29, 0.717) is 6.54 Å². The Morgan fingerprint density at radius 3 is 2.50 bits per heavy atom. The molecule has 0 spiro atoms. The highest BCUT2D eigenvalue weighted by Crippen LogP contribution is 2.09. The van der Waals surface area contributed by atoms with Crippen LogP contribution in [0.1, 0.15) is 12.5 Å². The smallest absolute Gasteiger partial charge is 0.236 e. The minimum Gasteiger partial charge on any atom is -0.508 e. The fraction of sp³-hybridized carbons (Fsp3) is 0.364. The largest absolute Gasteiger partial charge is 0.508 e. The highest BCUT2D eigenvalue weighted by atomic mass is 35.5. The first-order valence-corrected chi connectivity index (χ1v) is 4.91. The second kappa shape index (κ2) is 7.09. The van der Waals surface area contributed by atoms with Crippen molar-refractivity contribution in [3.8, 4) is 5.75 Å². The standard InChI is InChI=1S/C11H16N2O2.ClH/c1-8(12)11(15)13-7-6-9-2-4-10(14)5-3-9;/h2-5,8,14H,6-7,12H2,1H3,(H,13,15);1H. The molecule has 1 amide bonds. The van der Waals surface area contributed by atoms with Crippen LogP contribution >= 0.6 is 12.4 Å². The maximum Gasteiger partial charge on any atom is 0.236 e. The van der Waals surface area contributed by atoms with Gasteiger partial charge in [-0.2, -0.15) is 0 Å². The molecule has 0 aromatic heterocycles. The van der Waals surface area contributed by atoms with E-state index >= 15 is 0 Å². The molecule has 1 aromatic carbocycles. The van der Waals surface area contributed by atoms with Crippen molar-refractivity contribution in [1.29, 1.82) is 0 Å². The first-order chi connectivity index (χ1) is 7.09. The highest BCUT2D eigenvalue weighted by molar-refractivity contribution is 5.85. The number of carbonyl (C=O) groups excluding carboxylic acids is 1. The van der Waals surface area contributed by atoms with E-state index in [1.165, 1.54) is 0 Å². The normalized spacial score (nSPS) is 11.4. The van der Waals surface area contributed by atoms with Crippen LogP contribution in [0.4, 0.5) is 0 Å². The molecule has 5 heteroatoms. The van der Waals surface area contributed by atoms with Gasteiger partial charge in [0.25, 0.3) is 0 Å². The van der Waals surface area contributed by atoms with E-state index in [0.717, 1.165) is 12.0 Å². The van der Waals surface area contributed by atoms with Crippen LogP contribution in [0.15, 0.2) is 24.3 Å². The van der Waals surface area contributed by atoms with Gasteiger partial charge in [0.15, 0.2) is 0 Å². The van der Waals surface area contributed by atoms with Gasteiger partial charge in [-0.25, -0.2) is 0 Å². The number of nitrogens with two attached hydrogens (primary N) is 1. The van der Waals surface area contributed by atoms with Crippen LogP contribution in [-0.4, -0.2) is 23.6 Å². The predicted octanol–water partition coefficient (Wildman–Crippen LogP) is 0.820. The fourth-order valence-electron chi connectivity index (χ4n) is 1.15. The van der Waals surface area contributed by atoms with Crippen molar-refractivity contribution in [2.45, 2.75) is 19.4 Å². The predicted molar refractivity (Wildman–Crippen MR) is 65.7 cm³/mol. The molecule has 0 aliphatic carbocycles. The van der Waals surface area contributed by atoms with E-state index in [4.69, 9.17) is 10.8 Å². The van der Waals surface area contributed by atoms with Crippen LogP contribution in [0, 0.1) is 0 Å². The number of nitrogens with one attached hydrogen (secondary N) is 1. The summed E-state index contributed by atoms with van der Waals surface area (Å²) in [4.78, 5) is 11.1. The SMILES string of the molecule is CC(N)C(=O)NCCc1ccc(O)cc1.Cl. The summed E-state index contributed by atoms with van der Waals surface area (Å²) in [6.07, 6.45) is 0.735. The highest BCUT2D eigenvalue weighted by Gasteiger charge is 2.05. The lowest BCUT2D eigenvalue weighted by atomic mass is 10.1. The molecule has 4 nitrogen and oxygen atoms in total. The number of hydrogen-bond donors (Lipinski definition) is 3. The van der Waals surface area contributed by atoms with Crippen molar-refractivity contribution in [3.63, 3.8) is 0 Å². The number of rotatable bonds is 4. The van der Waals surface area contributed by atoms with Crippen molar-refractivity contribution in [2.24, 2.45) is 5.73 Å². The molecule has 1 atom stereocenters. The minimum absolute atomic E-state index is 0. The fourth-order valence-corrected chi connectivity index (χ4v) is 1.15. The van der Waals surface area contributed by atoms with Crippen LogP contribution in [0.2, 0.25) is 0 Å². The van der Waals surface area contributed by atoms with Crippen LogP contribution in [0.3, 0.4) is 0 Å². The zero-order chi connectivity index (χ0) is 11.3. The van der Waals surface area contributed by atoms with Crippen molar-refractivity contribution in [2.75, 3.05) is 6.54 Å². The molecule has 0 saturated heterocycles. The van der Waals surface area contributed by atoms with Gasteiger partial charge in [0.2, 0.25) is 5.91 Å². The van der Waals surface area contributed by atoms with E-state index in [2.05, 4.69) is 5.32 Å². The Labute approximate surface area is 101 Å². The summed E-state index contributed by atoms with van der Waals surface area (Å²) in [5, 5.41) is 11.8. The van der Waals surface area contributed by atoms with Crippen molar-refractivity contribution >= 4 is 18.3 Å². The molecule has 0 radical (unpaired) electrons. The molecule has 16 heavy (non-hydrogen) atoms. The summed E-state index contributed by atoms with van der Waals surface area (Å²) in [5.74, 6) is 0.104. The van der Waals surface area contributed by atoms with Gasteiger partial charge >= 0.3 is 0 Å². The molecular formula is C11H17ClN2O2. The zero-order valence-electron chi connectivity index (χ0n) is 9.14. The molecule has 1 rings (SSSR count). The monoisotopic (exact) mass is 244 g/mol. The lowest BCUT2D eigenvalue weighted by Crippen LogP contribution is -2.39. The molecule has 0 fully saturated rings. The third-order valence-corrected chi connectivity index (χ3v) is 2.06. The molecule has 90 valence electrons. The molecule has 0 aliphatic heterocycles. The Morgan fingerprint density at radius 2 is 2.00 bits per heavy atom. The van der Waals surface area contributed by atoms with Crippen LogP contribution in [0.5, 0.6) is 5.75 Å². The van der Waals surface area contributed by atoms with Gasteiger partial charge in [0.1, 0.15) is 5.75 Å². The Morgan fingerprint density at radius 1 is 1.44 bits per heavy atom. The summed E-state index contributed by atoms with van der Waals surface area (Å²) >= 11 is 0. The van der Waals surface area contributed by atoms with E-state index in [-0.39, 0.29) is 24.1 Å². The van der Waals surface area contributed by atoms with Gasteiger partial charge < -0.3 is 16.2 Å². The van der Waals surface area contributed by atoms with E-state index in [1.54, 1.807) is 19.1 Å². The molecular weight excluding hydrogens is 228 g/mol. The van der Waals surface area contributed by atoms with Gasteiger partial charge in [-0.15, -0.1) is 12.4 Å². The third-order valence-electron chi connectivity index (χ3n) is 2.06. The second-order valence-corrected chi connectivity index (χ2v) is 3.50. The van der Waals surface area contributed by atoms with E-state index in [1.807, 2.05) is 12.1 Å². The number of hydrogen-bond acceptors (Lipinski definition) is 3. The lowest BCUT2D eigenvalue weighted by Gasteiger charge is -2.07. The number of benzene rings is 1. The van der Waals surface area contributed by atoms with Gasteiger partial charge in [-0.1, -0.05) is 12.1 Å². The van der Waals surface area contributed by atoms with Crippen LogP contribution in [-0.2, 0) is 11.2 Å². The maximum absolute atomic E-state index is 11.1. The molecule has 0 bridgehead atoms. The van der Waals surface area contributed by atoms with Crippen molar-refractivity contribution < 1.29 is 9.90 Å². The summed E-state index contributed by atoms with van der Waals surface area (Å²) in [7, 11) is 0. The summed E-state index contributed by atoms with van der Waals surface area (Å²) in [6.45, 7) is 2.21. The second-order valence-electron chi connectivity index (χ2n) is 3.50. The lowest BCUT2D eigenvalue weighted by molar-refractivity contribution is -0.121. The van der Waals surface area contributed by atoms with Crippen molar-refractivity contribution in [1.82, 2.24) is 5.32 Å². The quantitative estimate of drug-likeness (QED) is 0.734. The Bertz CT molecular complexity index is 325. The zero-order valence-corrected chi connectivity index (χ0v) is 9.96. The van der Waals surface area contributed by atoms with Crippen LogP contribution < -0.4 is 11.1 Å². The summed E-state index contributed by atoms with van der Waals surface area (Å²) in [6, 6.07) is 6.44. The number of phenolic OH excluding ortho intramolecular Hbond substituents is 1. The maximum atomic E-state index is 11.1. The van der Waals surface area contributed by atoms with E-state index < -0.39 is 6.04 Å². The number of carbonyl (C=O) groups is 1. The van der Waals surface area contributed by atoms with E-state index in [9.17, 15) is 4.79 Å². The molecule has 0 heterocycles. The molecule has 0 saturated carbocycles. The summed E-state index contributed by atoms with van der Waals surface area (Å²) in [5.41, 5.74) is 6.46. The summed E-state index contributed by atoms with van der Waals surface area (Å²) < 4.78 is 0. The van der Waals surface area contributed by atoms with Gasteiger partial charge in [0, 0.05) is 6.54 Å². The molecule has 0 aliphatic rings. The Balaban J connectivity index is 0.00000225. The van der Waals surface area contributed by atoms with Gasteiger partial charge in [-0.05, 0) is 31.0 Å². The topological polar surface area (TPSA) is 75.4 Å². The Kier molecular flexibility index (Phi) is 6.53. The first kappa shape index (κ1) is 14.7. The number of phenols is 1. The number of amides is 1. The third kappa shape index (κ3) is 5.00. The number of halogens is 1. The molecule has 1 unspecified atom stereocenters. The minimum atomic E-state index is -0.468. The van der Waals surface area contributed by atoms with Crippen LogP contribution in [0.25, 0.3) is 0 Å². The van der Waals surface area contributed by atoms with Crippen molar-refractivity contribution in [3.05, 3.63) is 29.8 Å². The average molecular weight is 245 g/mol. The van der Waals surface area contributed by atoms with Gasteiger partial charge in [0.05, 0.1) is 6.04 Å². The van der Waals surface area contributed by atoms with Gasteiger partial charge in [-0.3, -0.25) is 4.79 Å². The molecule has 1 aromatic rings. The Hall–Kier alpha value is -1.26.